The molecule has 0 aliphatic rings. The van der Waals surface area contributed by atoms with Crippen molar-refractivity contribution in [2.45, 2.75) is 6.42 Å². The smallest absolute Gasteiger partial charge is 0.0672 e. The van der Waals surface area contributed by atoms with Crippen LogP contribution in [0.3, 0.4) is 0 Å². The standard InChI is InChI=1S/C5H6O4.H3O4P/c1-3(5(8)9)2-4(6)7;1-5(2,3)4/h1-2H2,(H,6,7)(H,8,9);(H3,1,2,3,4)/p-5. The van der Waals surface area contributed by atoms with E-state index in [9.17, 15) is 19.8 Å². The minimum atomic E-state index is -5.39. The predicted octanol–water partition coefficient (Wildman–Crippen LogP) is -5.39. The Labute approximate surface area is 78.4 Å². The van der Waals surface area contributed by atoms with Crippen molar-refractivity contribution in [2.24, 2.45) is 0 Å². The number of hydrogen-bond acceptors (Lipinski definition) is 8. The van der Waals surface area contributed by atoms with E-state index in [0.29, 0.717) is 0 Å². The van der Waals surface area contributed by atoms with Crippen molar-refractivity contribution in [1.29, 1.82) is 0 Å². The molecule has 0 N–H and O–H groups in total. The summed E-state index contributed by atoms with van der Waals surface area (Å²) in [4.78, 5) is 45.0. The molecule has 0 aromatic carbocycles. The van der Waals surface area contributed by atoms with Crippen LogP contribution >= 0.6 is 7.82 Å². The second-order valence-electron chi connectivity index (χ2n) is 1.89. The third kappa shape index (κ3) is 22.4. The molecule has 0 radical (unpaired) electrons. The van der Waals surface area contributed by atoms with Crippen LogP contribution in [0.4, 0.5) is 0 Å². The molecule has 0 rings (SSSR count). The number of aliphatic carboxylic acids is 2. The zero-order valence-electron chi connectivity index (χ0n) is 6.63. The lowest BCUT2D eigenvalue weighted by Crippen LogP contribution is -2.29. The van der Waals surface area contributed by atoms with Crippen LogP contribution in [-0.4, -0.2) is 11.9 Å². The van der Waals surface area contributed by atoms with Gasteiger partial charge in [0.2, 0.25) is 0 Å². The monoisotopic (exact) mass is 223 g/mol. The molecular weight excluding hydrogens is 219 g/mol. The lowest BCUT2D eigenvalue weighted by atomic mass is 10.2. The number of carbonyl (C=O) groups is 2. The van der Waals surface area contributed by atoms with E-state index in [1.54, 1.807) is 0 Å². The highest BCUT2D eigenvalue weighted by molar-refractivity contribution is 7.40. The highest BCUT2D eigenvalue weighted by Crippen LogP contribution is 2.03. The van der Waals surface area contributed by atoms with Gasteiger partial charge in [0.15, 0.2) is 0 Å². The summed E-state index contributed by atoms with van der Waals surface area (Å²) < 4.78 is 8.55. The second kappa shape index (κ2) is 6.28. The molecule has 0 aromatic rings. The van der Waals surface area contributed by atoms with Gasteiger partial charge in [0.1, 0.15) is 0 Å². The first kappa shape index (κ1) is 15.3. The fourth-order valence-corrected chi connectivity index (χ4v) is 0.246. The fraction of sp³-hybridized carbons (Fsp3) is 0.200. The summed E-state index contributed by atoms with van der Waals surface area (Å²) >= 11 is 0. The molecule has 0 saturated carbocycles. The quantitative estimate of drug-likeness (QED) is 0.337. The van der Waals surface area contributed by atoms with Crippen molar-refractivity contribution in [1.82, 2.24) is 0 Å². The zero-order valence-corrected chi connectivity index (χ0v) is 7.52. The molecule has 9 heteroatoms. The van der Waals surface area contributed by atoms with Crippen LogP contribution in [0.5, 0.6) is 0 Å². The number of carbonyl (C=O) groups excluding carboxylic acids is 2. The van der Waals surface area contributed by atoms with E-state index in [1.165, 1.54) is 0 Å². The number of hydrogen-bond donors (Lipinski definition) is 0. The topological polar surface area (TPSA) is 167 Å². The summed E-state index contributed by atoms with van der Waals surface area (Å²) in [6.07, 6.45) is -0.678. The summed E-state index contributed by atoms with van der Waals surface area (Å²) in [5.41, 5.74) is -0.477. The van der Waals surface area contributed by atoms with Crippen LogP contribution < -0.4 is 24.9 Å². The first-order chi connectivity index (χ1) is 6.04. The molecule has 0 aliphatic heterocycles. The van der Waals surface area contributed by atoms with Crippen LogP contribution in [0.2, 0.25) is 0 Å². The van der Waals surface area contributed by atoms with Crippen LogP contribution in [0.1, 0.15) is 6.42 Å². The Morgan fingerprint density at radius 2 is 1.43 bits per heavy atom. The zero-order chi connectivity index (χ0) is 11.9. The number of carboxylic acid groups (broad SMARTS) is 2. The van der Waals surface area contributed by atoms with Gasteiger partial charge < -0.3 is 39.0 Å². The van der Waals surface area contributed by atoms with Gasteiger partial charge in [-0.1, -0.05) is 6.58 Å². The van der Waals surface area contributed by atoms with Gasteiger partial charge in [-0.15, -0.1) is 0 Å². The predicted molar refractivity (Wildman–Crippen MR) is 31.4 cm³/mol. The van der Waals surface area contributed by atoms with Gasteiger partial charge in [-0.3, -0.25) is 0 Å². The minimum absolute atomic E-state index is 0.477. The number of rotatable bonds is 3. The Morgan fingerprint density at radius 3 is 1.50 bits per heavy atom. The Hall–Kier alpha value is -1.21. The molecule has 0 amide bonds. The Morgan fingerprint density at radius 1 is 1.14 bits per heavy atom. The largest absolute Gasteiger partial charge is 0.822 e. The molecule has 0 spiro atoms. The van der Waals surface area contributed by atoms with Gasteiger partial charge in [-0.05, 0) is 5.57 Å². The molecule has 0 aliphatic carbocycles. The van der Waals surface area contributed by atoms with Crippen LogP contribution in [0.15, 0.2) is 12.2 Å². The molecule has 0 heterocycles. The molecule has 0 saturated heterocycles. The van der Waals surface area contributed by atoms with Crippen molar-refractivity contribution < 1.29 is 39.0 Å². The summed E-state index contributed by atoms with van der Waals surface area (Å²) in [5, 5.41) is 19.4. The van der Waals surface area contributed by atoms with E-state index < -0.39 is 31.8 Å². The lowest BCUT2D eigenvalue weighted by Gasteiger charge is -2.36. The maximum absolute atomic E-state index is 9.73. The first-order valence-electron chi connectivity index (χ1n) is 2.86. The van der Waals surface area contributed by atoms with Gasteiger partial charge in [0, 0.05) is 12.4 Å². The molecule has 14 heavy (non-hydrogen) atoms. The fourth-order valence-electron chi connectivity index (χ4n) is 0.246. The first-order valence-corrected chi connectivity index (χ1v) is 4.32. The van der Waals surface area contributed by atoms with Crippen molar-refractivity contribution in [2.75, 3.05) is 0 Å². The van der Waals surface area contributed by atoms with Gasteiger partial charge in [0.05, 0.1) is 5.97 Å². The third-order valence-electron chi connectivity index (χ3n) is 0.646. The highest BCUT2D eigenvalue weighted by Gasteiger charge is 1.92. The maximum atomic E-state index is 9.73. The van der Waals surface area contributed by atoms with Gasteiger partial charge in [-0.25, -0.2) is 0 Å². The van der Waals surface area contributed by atoms with Crippen molar-refractivity contribution in [3.63, 3.8) is 0 Å². The third-order valence-corrected chi connectivity index (χ3v) is 0.646. The summed E-state index contributed by atoms with van der Waals surface area (Å²) in [6.45, 7) is 2.91. The van der Waals surface area contributed by atoms with E-state index in [1.807, 2.05) is 0 Å². The SMILES string of the molecule is C=C(CC(=O)[O-])C(=O)[O-].O=P([O-])([O-])[O-]. The van der Waals surface area contributed by atoms with E-state index in [2.05, 4.69) is 6.58 Å². The number of phosphoric acid groups is 1. The highest BCUT2D eigenvalue weighted by atomic mass is 31.2. The Balaban J connectivity index is 0. The van der Waals surface area contributed by atoms with E-state index in [4.69, 9.17) is 19.2 Å². The molecule has 0 aromatic heterocycles. The van der Waals surface area contributed by atoms with E-state index in [-0.39, 0.29) is 0 Å². The van der Waals surface area contributed by atoms with Crippen molar-refractivity contribution >= 4 is 19.8 Å². The van der Waals surface area contributed by atoms with Crippen LogP contribution in [-0.2, 0) is 14.2 Å². The Bertz CT molecular complexity index is 267. The molecule has 0 bridgehead atoms. The minimum Gasteiger partial charge on any atom is -0.822 e. The average Bonchev–Trinajstić information content (AvgIpc) is 1.80. The van der Waals surface area contributed by atoms with Gasteiger partial charge >= 0.3 is 0 Å². The number of carboxylic acids is 2. The van der Waals surface area contributed by atoms with Gasteiger partial charge in [0.25, 0.3) is 0 Å². The molecule has 0 atom stereocenters. The molecule has 8 nitrogen and oxygen atoms in total. The van der Waals surface area contributed by atoms with Crippen molar-refractivity contribution in [3.05, 3.63) is 12.2 Å². The van der Waals surface area contributed by atoms with Crippen LogP contribution in [0.25, 0.3) is 0 Å². The van der Waals surface area contributed by atoms with Gasteiger partial charge in [-0.2, -0.15) is 7.82 Å². The molecular formula is C5H4O8P-5. The summed E-state index contributed by atoms with van der Waals surface area (Å²) in [6, 6.07) is 0. The summed E-state index contributed by atoms with van der Waals surface area (Å²) in [7, 11) is -5.39. The second-order valence-corrected chi connectivity index (χ2v) is 2.78. The average molecular weight is 223 g/mol. The lowest BCUT2D eigenvalue weighted by molar-refractivity contribution is -0.432. The summed E-state index contributed by atoms with van der Waals surface area (Å²) in [5.74, 6) is -3.02. The Kier molecular flexibility index (Phi) is 6.84. The van der Waals surface area contributed by atoms with Crippen LogP contribution in [0, 0.1) is 0 Å². The van der Waals surface area contributed by atoms with Crippen molar-refractivity contribution in [3.8, 4) is 0 Å². The molecule has 0 unspecified atom stereocenters. The maximum Gasteiger partial charge on any atom is 0.0672 e. The van der Waals surface area contributed by atoms with E-state index in [0.717, 1.165) is 0 Å². The van der Waals surface area contributed by atoms with E-state index >= 15 is 0 Å². The molecule has 82 valence electrons. The molecule has 0 fully saturated rings. The normalized spacial score (nSPS) is 9.64.